The third kappa shape index (κ3) is 3.91. The van der Waals surface area contributed by atoms with Crippen molar-refractivity contribution in [1.29, 1.82) is 0 Å². The van der Waals surface area contributed by atoms with E-state index in [1.165, 1.54) is 0 Å². The lowest BCUT2D eigenvalue weighted by molar-refractivity contribution is -0.138. The lowest BCUT2D eigenvalue weighted by Gasteiger charge is -2.22. The molecule has 1 aliphatic heterocycles. The van der Waals surface area contributed by atoms with Gasteiger partial charge in [-0.2, -0.15) is 0 Å². The highest BCUT2D eigenvalue weighted by molar-refractivity contribution is 5.99. The van der Waals surface area contributed by atoms with E-state index in [-0.39, 0.29) is 17.6 Å². The molecule has 2 amide bonds. The number of nitrogens with one attached hydrogen (secondary N) is 1. The Labute approximate surface area is 117 Å². The Bertz CT molecular complexity index is 521. The molecule has 20 heavy (non-hydrogen) atoms. The Balaban J connectivity index is 1.92. The molecule has 1 aromatic rings. The number of carbonyl (C=O) groups excluding carboxylic acids is 3. The number of hydrogen-bond donors (Lipinski definition) is 1. The summed E-state index contributed by atoms with van der Waals surface area (Å²) in [7, 11) is 0. The third-order valence-corrected chi connectivity index (χ3v) is 3.16. The molecule has 0 saturated carbocycles. The number of hydrogen-bond acceptors (Lipinski definition) is 4. The van der Waals surface area contributed by atoms with Gasteiger partial charge in [-0.3, -0.25) is 14.9 Å². The van der Waals surface area contributed by atoms with Crippen LogP contribution in [0, 0.1) is 0 Å². The molecule has 5 nitrogen and oxygen atoms in total. The van der Waals surface area contributed by atoms with Crippen LogP contribution >= 0.6 is 0 Å². The monoisotopic (exact) mass is 275 g/mol. The van der Waals surface area contributed by atoms with Gasteiger partial charge in [0.1, 0.15) is 11.5 Å². The number of imide groups is 1. The number of rotatable bonds is 5. The highest BCUT2D eigenvalue weighted by Gasteiger charge is 2.28. The van der Waals surface area contributed by atoms with Crippen molar-refractivity contribution >= 4 is 17.6 Å². The Hall–Kier alpha value is -2.17. The molecule has 1 aromatic carbocycles. The van der Waals surface area contributed by atoms with Gasteiger partial charge in [0.05, 0.1) is 0 Å². The molecule has 2 rings (SSSR count). The van der Waals surface area contributed by atoms with Gasteiger partial charge in [-0.15, -0.1) is 0 Å². The SMILES string of the molecule is CC(=O)CCc1ccc(OC2CCC(=O)NC2=O)cc1. The first-order valence-corrected chi connectivity index (χ1v) is 6.63. The molecule has 0 aromatic heterocycles. The van der Waals surface area contributed by atoms with Crippen LogP contribution in [0.15, 0.2) is 24.3 Å². The summed E-state index contributed by atoms with van der Waals surface area (Å²) < 4.78 is 5.57. The van der Waals surface area contributed by atoms with Crippen molar-refractivity contribution in [2.45, 2.75) is 38.7 Å². The van der Waals surface area contributed by atoms with Crippen LogP contribution in [0.5, 0.6) is 5.75 Å². The van der Waals surface area contributed by atoms with E-state index in [2.05, 4.69) is 5.32 Å². The highest BCUT2D eigenvalue weighted by atomic mass is 16.5. The predicted molar refractivity (Wildman–Crippen MR) is 72.2 cm³/mol. The van der Waals surface area contributed by atoms with Crippen molar-refractivity contribution < 1.29 is 19.1 Å². The van der Waals surface area contributed by atoms with Gasteiger partial charge in [-0.1, -0.05) is 12.1 Å². The van der Waals surface area contributed by atoms with Gasteiger partial charge in [0, 0.05) is 19.3 Å². The molecule has 1 N–H and O–H groups in total. The second-order valence-electron chi connectivity index (χ2n) is 4.90. The number of carbonyl (C=O) groups is 3. The van der Waals surface area contributed by atoms with Gasteiger partial charge in [0.15, 0.2) is 6.10 Å². The lowest BCUT2D eigenvalue weighted by Crippen LogP contribution is -2.46. The molecular formula is C15H17NO4. The van der Waals surface area contributed by atoms with Crippen LogP contribution in [0.25, 0.3) is 0 Å². The lowest BCUT2D eigenvalue weighted by atomic mass is 10.1. The van der Waals surface area contributed by atoms with Crippen molar-refractivity contribution in [3.05, 3.63) is 29.8 Å². The molecule has 1 unspecified atom stereocenters. The predicted octanol–water partition coefficient (Wildman–Crippen LogP) is 1.39. The number of ketones is 1. The zero-order valence-electron chi connectivity index (χ0n) is 11.3. The zero-order valence-corrected chi connectivity index (χ0v) is 11.3. The van der Waals surface area contributed by atoms with Gasteiger partial charge < -0.3 is 9.53 Å². The van der Waals surface area contributed by atoms with Crippen molar-refractivity contribution in [1.82, 2.24) is 5.32 Å². The molecule has 0 spiro atoms. The standard InChI is InChI=1S/C15H17NO4/c1-10(17)2-3-11-4-6-12(7-5-11)20-13-8-9-14(18)16-15(13)19/h4-7,13H,2-3,8-9H2,1H3,(H,16,18,19). The summed E-state index contributed by atoms with van der Waals surface area (Å²) in [6, 6.07) is 7.31. The van der Waals surface area contributed by atoms with Crippen molar-refractivity contribution in [3.63, 3.8) is 0 Å². The molecule has 5 heteroatoms. The number of ether oxygens (including phenoxy) is 1. The van der Waals surface area contributed by atoms with Crippen LogP contribution in [0.2, 0.25) is 0 Å². The molecule has 0 radical (unpaired) electrons. The summed E-state index contributed by atoms with van der Waals surface area (Å²) in [4.78, 5) is 33.5. The van der Waals surface area contributed by atoms with Crippen molar-refractivity contribution in [2.75, 3.05) is 0 Å². The zero-order chi connectivity index (χ0) is 14.5. The maximum atomic E-state index is 11.6. The van der Waals surface area contributed by atoms with E-state index >= 15 is 0 Å². The summed E-state index contributed by atoms with van der Waals surface area (Å²) in [6.07, 6.45) is 1.31. The summed E-state index contributed by atoms with van der Waals surface area (Å²) in [5.74, 6) is 0.108. The fraction of sp³-hybridized carbons (Fsp3) is 0.400. The van der Waals surface area contributed by atoms with E-state index < -0.39 is 6.10 Å². The molecular weight excluding hydrogens is 258 g/mol. The fourth-order valence-electron chi connectivity index (χ4n) is 2.01. The van der Waals surface area contributed by atoms with Crippen LogP contribution < -0.4 is 10.1 Å². The third-order valence-electron chi connectivity index (χ3n) is 3.16. The molecule has 1 fully saturated rings. The largest absolute Gasteiger partial charge is 0.481 e. The second kappa shape index (κ2) is 6.32. The number of aryl methyl sites for hydroxylation is 1. The van der Waals surface area contributed by atoms with E-state index in [9.17, 15) is 14.4 Å². The van der Waals surface area contributed by atoms with E-state index in [1.54, 1.807) is 19.1 Å². The van der Waals surface area contributed by atoms with Crippen LogP contribution in [-0.2, 0) is 20.8 Å². The van der Waals surface area contributed by atoms with Crippen LogP contribution in [0.1, 0.15) is 31.7 Å². The topological polar surface area (TPSA) is 72.5 Å². The summed E-state index contributed by atoms with van der Waals surface area (Å²) in [6.45, 7) is 1.57. The first kappa shape index (κ1) is 14.2. The Morgan fingerprint density at radius 1 is 1.30 bits per heavy atom. The van der Waals surface area contributed by atoms with E-state index in [4.69, 9.17) is 4.74 Å². The molecule has 106 valence electrons. The summed E-state index contributed by atoms with van der Waals surface area (Å²) in [5.41, 5.74) is 1.05. The minimum Gasteiger partial charge on any atom is -0.481 e. The molecule has 0 bridgehead atoms. The normalized spacial score (nSPS) is 18.6. The van der Waals surface area contributed by atoms with Gasteiger partial charge in [0.25, 0.3) is 5.91 Å². The smallest absolute Gasteiger partial charge is 0.267 e. The number of benzene rings is 1. The molecule has 0 aliphatic carbocycles. The Morgan fingerprint density at radius 2 is 2.00 bits per heavy atom. The molecule has 1 atom stereocenters. The maximum absolute atomic E-state index is 11.6. The number of piperidine rings is 1. The Kier molecular flexibility index (Phi) is 4.50. The molecule has 1 aliphatic rings. The summed E-state index contributed by atoms with van der Waals surface area (Å²) in [5, 5.41) is 2.25. The van der Waals surface area contributed by atoms with Crippen molar-refractivity contribution in [2.24, 2.45) is 0 Å². The minimum absolute atomic E-state index is 0.161. The maximum Gasteiger partial charge on any atom is 0.267 e. The molecule has 1 saturated heterocycles. The van der Waals surface area contributed by atoms with Crippen LogP contribution in [0.3, 0.4) is 0 Å². The average molecular weight is 275 g/mol. The summed E-state index contributed by atoms with van der Waals surface area (Å²) >= 11 is 0. The minimum atomic E-state index is -0.615. The van der Waals surface area contributed by atoms with Crippen LogP contribution in [0.4, 0.5) is 0 Å². The van der Waals surface area contributed by atoms with E-state index in [0.717, 1.165) is 5.56 Å². The van der Waals surface area contributed by atoms with Gasteiger partial charge >= 0.3 is 0 Å². The van der Waals surface area contributed by atoms with Gasteiger partial charge in [-0.05, 0) is 31.0 Å². The second-order valence-corrected chi connectivity index (χ2v) is 4.90. The first-order chi connectivity index (χ1) is 9.54. The fourth-order valence-corrected chi connectivity index (χ4v) is 2.01. The van der Waals surface area contributed by atoms with Crippen molar-refractivity contribution in [3.8, 4) is 5.75 Å². The molecule has 1 heterocycles. The Morgan fingerprint density at radius 3 is 2.60 bits per heavy atom. The highest BCUT2D eigenvalue weighted by Crippen LogP contribution is 2.18. The number of Topliss-reactive ketones (excluding diaryl/α,β-unsaturated/α-hetero) is 1. The van der Waals surface area contributed by atoms with E-state index in [0.29, 0.717) is 31.4 Å². The average Bonchev–Trinajstić information content (AvgIpc) is 2.41. The number of amides is 2. The van der Waals surface area contributed by atoms with Gasteiger partial charge in [0.2, 0.25) is 5.91 Å². The van der Waals surface area contributed by atoms with Crippen LogP contribution in [-0.4, -0.2) is 23.7 Å². The quantitative estimate of drug-likeness (QED) is 0.824. The van der Waals surface area contributed by atoms with E-state index in [1.807, 2.05) is 12.1 Å². The van der Waals surface area contributed by atoms with Gasteiger partial charge in [-0.25, -0.2) is 0 Å². The first-order valence-electron chi connectivity index (χ1n) is 6.63.